The van der Waals surface area contributed by atoms with Crippen molar-refractivity contribution in [2.45, 2.75) is 38.9 Å². The zero-order valence-corrected chi connectivity index (χ0v) is 10.2. The Kier molecular flexibility index (Phi) is 7.16. The van der Waals surface area contributed by atoms with E-state index in [9.17, 15) is 0 Å². The SMILES string of the molecule is CC(C)COCCC(C)C(C)Br. The Labute approximate surface area is 85.0 Å². The summed E-state index contributed by atoms with van der Waals surface area (Å²) in [4.78, 5) is 0.597. The number of ether oxygens (including phenoxy) is 1. The van der Waals surface area contributed by atoms with Gasteiger partial charge in [0.25, 0.3) is 0 Å². The summed E-state index contributed by atoms with van der Waals surface area (Å²) >= 11 is 3.57. The highest BCUT2D eigenvalue weighted by molar-refractivity contribution is 9.09. The third-order valence-electron chi connectivity index (χ3n) is 1.95. The van der Waals surface area contributed by atoms with Gasteiger partial charge >= 0.3 is 0 Å². The van der Waals surface area contributed by atoms with Crippen molar-refractivity contribution < 1.29 is 4.74 Å². The van der Waals surface area contributed by atoms with Gasteiger partial charge in [0.05, 0.1) is 0 Å². The van der Waals surface area contributed by atoms with Crippen LogP contribution in [0, 0.1) is 11.8 Å². The lowest BCUT2D eigenvalue weighted by Gasteiger charge is -2.14. The molecule has 0 aliphatic heterocycles. The van der Waals surface area contributed by atoms with Crippen molar-refractivity contribution in [3.05, 3.63) is 0 Å². The van der Waals surface area contributed by atoms with Crippen LogP contribution in [0.1, 0.15) is 34.1 Å². The maximum atomic E-state index is 5.50. The van der Waals surface area contributed by atoms with Crippen LogP contribution in [0.5, 0.6) is 0 Å². The molecule has 2 atom stereocenters. The van der Waals surface area contributed by atoms with Gasteiger partial charge in [-0.05, 0) is 18.3 Å². The van der Waals surface area contributed by atoms with Crippen LogP contribution in [0.2, 0.25) is 0 Å². The van der Waals surface area contributed by atoms with Gasteiger partial charge in [0.2, 0.25) is 0 Å². The molecule has 12 heavy (non-hydrogen) atoms. The smallest absolute Gasteiger partial charge is 0.0488 e. The van der Waals surface area contributed by atoms with E-state index in [1.54, 1.807) is 0 Å². The second kappa shape index (κ2) is 6.90. The maximum Gasteiger partial charge on any atom is 0.0488 e. The minimum Gasteiger partial charge on any atom is -0.381 e. The lowest BCUT2D eigenvalue weighted by Crippen LogP contribution is -2.11. The second-order valence-corrected chi connectivity index (χ2v) is 5.36. The van der Waals surface area contributed by atoms with E-state index in [1.165, 1.54) is 0 Å². The fraction of sp³-hybridized carbons (Fsp3) is 1.00. The van der Waals surface area contributed by atoms with Crippen LogP contribution >= 0.6 is 15.9 Å². The van der Waals surface area contributed by atoms with Gasteiger partial charge in [-0.25, -0.2) is 0 Å². The van der Waals surface area contributed by atoms with Crippen LogP contribution < -0.4 is 0 Å². The van der Waals surface area contributed by atoms with Gasteiger partial charge in [-0.15, -0.1) is 0 Å². The van der Waals surface area contributed by atoms with Crippen molar-refractivity contribution in [3.8, 4) is 0 Å². The molecule has 0 aromatic carbocycles. The van der Waals surface area contributed by atoms with E-state index in [1.807, 2.05) is 0 Å². The summed E-state index contributed by atoms with van der Waals surface area (Å²) in [5.41, 5.74) is 0. The third-order valence-corrected chi connectivity index (χ3v) is 2.86. The molecule has 2 heteroatoms. The number of hydrogen-bond acceptors (Lipinski definition) is 1. The molecule has 0 aromatic rings. The van der Waals surface area contributed by atoms with Gasteiger partial charge in [-0.1, -0.05) is 43.6 Å². The summed E-state index contributed by atoms with van der Waals surface area (Å²) in [6, 6.07) is 0. The van der Waals surface area contributed by atoms with Crippen LogP contribution in [-0.4, -0.2) is 18.0 Å². The largest absolute Gasteiger partial charge is 0.381 e. The standard InChI is InChI=1S/C10H21BrO/c1-8(2)7-12-6-5-9(3)10(4)11/h8-10H,5-7H2,1-4H3. The minimum absolute atomic E-state index is 0.597. The van der Waals surface area contributed by atoms with Crippen LogP contribution in [0.4, 0.5) is 0 Å². The molecular weight excluding hydrogens is 216 g/mol. The van der Waals surface area contributed by atoms with E-state index in [2.05, 4.69) is 43.6 Å². The fourth-order valence-corrected chi connectivity index (χ4v) is 1.08. The van der Waals surface area contributed by atoms with E-state index in [0.29, 0.717) is 16.7 Å². The average molecular weight is 237 g/mol. The molecule has 0 saturated carbocycles. The van der Waals surface area contributed by atoms with Gasteiger partial charge in [-0.3, -0.25) is 0 Å². The lowest BCUT2D eigenvalue weighted by molar-refractivity contribution is 0.0996. The van der Waals surface area contributed by atoms with E-state index >= 15 is 0 Å². The molecule has 2 unspecified atom stereocenters. The summed E-state index contributed by atoms with van der Waals surface area (Å²) in [6.07, 6.45) is 1.15. The molecule has 0 rings (SSSR count). The van der Waals surface area contributed by atoms with E-state index in [4.69, 9.17) is 4.74 Å². The quantitative estimate of drug-likeness (QED) is 0.507. The van der Waals surface area contributed by atoms with Crippen LogP contribution in [0.25, 0.3) is 0 Å². The highest BCUT2D eigenvalue weighted by atomic mass is 79.9. The Morgan fingerprint density at radius 3 is 2.17 bits per heavy atom. The molecule has 0 spiro atoms. The normalized spacial score (nSPS) is 16.5. The first-order valence-corrected chi connectivity index (χ1v) is 5.67. The Bertz CT molecular complexity index is 102. The third kappa shape index (κ3) is 7.11. The van der Waals surface area contributed by atoms with Crippen LogP contribution in [-0.2, 0) is 4.74 Å². The van der Waals surface area contributed by atoms with Crippen molar-refractivity contribution in [1.82, 2.24) is 0 Å². The summed E-state index contributed by atoms with van der Waals surface area (Å²) in [7, 11) is 0. The molecule has 1 nitrogen and oxygen atoms in total. The summed E-state index contributed by atoms with van der Waals surface area (Å²) < 4.78 is 5.50. The number of halogens is 1. The van der Waals surface area contributed by atoms with Crippen molar-refractivity contribution in [3.63, 3.8) is 0 Å². The minimum atomic E-state index is 0.597. The summed E-state index contributed by atoms with van der Waals surface area (Å²) in [5, 5.41) is 0. The Morgan fingerprint density at radius 1 is 1.17 bits per heavy atom. The Hall–Kier alpha value is 0.440. The molecule has 0 N–H and O–H groups in total. The molecule has 0 heterocycles. The molecule has 0 saturated heterocycles. The van der Waals surface area contributed by atoms with Crippen molar-refractivity contribution in [1.29, 1.82) is 0 Å². The van der Waals surface area contributed by atoms with E-state index < -0.39 is 0 Å². The monoisotopic (exact) mass is 236 g/mol. The molecule has 74 valence electrons. The zero-order chi connectivity index (χ0) is 9.56. The van der Waals surface area contributed by atoms with Crippen LogP contribution in [0.3, 0.4) is 0 Å². The molecule has 0 amide bonds. The molecule has 0 bridgehead atoms. The van der Waals surface area contributed by atoms with Gasteiger partial charge in [-0.2, -0.15) is 0 Å². The van der Waals surface area contributed by atoms with E-state index in [-0.39, 0.29) is 0 Å². The molecule has 0 radical (unpaired) electrons. The first kappa shape index (κ1) is 12.4. The lowest BCUT2D eigenvalue weighted by atomic mass is 10.1. The van der Waals surface area contributed by atoms with Gasteiger partial charge in [0.15, 0.2) is 0 Å². The molecule has 0 fully saturated rings. The fourth-order valence-electron chi connectivity index (χ4n) is 0.818. The van der Waals surface area contributed by atoms with Crippen molar-refractivity contribution >= 4 is 15.9 Å². The molecule has 0 aromatic heterocycles. The average Bonchev–Trinajstić information content (AvgIpc) is 1.97. The van der Waals surface area contributed by atoms with Gasteiger partial charge in [0.1, 0.15) is 0 Å². The number of rotatable bonds is 6. The second-order valence-electron chi connectivity index (χ2n) is 3.91. The van der Waals surface area contributed by atoms with E-state index in [0.717, 1.165) is 19.6 Å². The number of alkyl halides is 1. The first-order chi connectivity index (χ1) is 5.54. The Balaban J connectivity index is 3.20. The number of hydrogen-bond donors (Lipinski definition) is 0. The Morgan fingerprint density at radius 2 is 1.75 bits per heavy atom. The predicted octanol–water partition coefficient (Wildman–Crippen LogP) is 3.47. The van der Waals surface area contributed by atoms with Crippen molar-refractivity contribution in [2.24, 2.45) is 11.8 Å². The van der Waals surface area contributed by atoms with Gasteiger partial charge in [0, 0.05) is 18.0 Å². The highest BCUT2D eigenvalue weighted by Crippen LogP contribution is 2.15. The first-order valence-electron chi connectivity index (χ1n) is 4.75. The molecule has 0 aliphatic rings. The molecule has 0 aliphatic carbocycles. The van der Waals surface area contributed by atoms with Gasteiger partial charge < -0.3 is 4.74 Å². The molecular formula is C10H21BrO. The predicted molar refractivity (Wildman–Crippen MR) is 57.8 cm³/mol. The summed E-state index contributed by atoms with van der Waals surface area (Å²) in [5.74, 6) is 1.36. The highest BCUT2D eigenvalue weighted by Gasteiger charge is 2.07. The topological polar surface area (TPSA) is 9.23 Å². The van der Waals surface area contributed by atoms with Crippen LogP contribution in [0.15, 0.2) is 0 Å². The zero-order valence-electron chi connectivity index (χ0n) is 8.64. The van der Waals surface area contributed by atoms with Crippen molar-refractivity contribution in [2.75, 3.05) is 13.2 Å². The maximum absolute atomic E-state index is 5.50. The summed E-state index contributed by atoms with van der Waals surface area (Å²) in [6.45, 7) is 10.6.